The summed E-state index contributed by atoms with van der Waals surface area (Å²) < 4.78 is 18.8. The van der Waals surface area contributed by atoms with E-state index in [1.165, 1.54) is 63.2 Å². The van der Waals surface area contributed by atoms with Crippen LogP contribution in [0.25, 0.3) is 0 Å². The van der Waals surface area contributed by atoms with Gasteiger partial charge in [0.15, 0.2) is 0 Å². The topological polar surface area (TPSA) is 12.5 Å². The average molecular weight is 303 g/mol. The summed E-state index contributed by atoms with van der Waals surface area (Å²) in [4.78, 5) is 2.75. The molecule has 3 heteroatoms. The molecule has 3 atom stereocenters. The molecule has 1 aliphatic heterocycles. The van der Waals surface area contributed by atoms with Crippen LogP contribution in [0.2, 0.25) is 0 Å². The molecule has 22 heavy (non-hydrogen) atoms. The Kier molecular flexibility index (Phi) is 3.85. The average Bonchev–Trinajstić information content (AvgIpc) is 3.18. The van der Waals surface area contributed by atoms with Gasteiger partial charge in [-0.15, -0.1) is 0 Å². The van der Waals surface area contributed by atoms with E-state index in [9.17, 15) is 4.39 Å². The zero-order chi connectivity index (χ0) is 15.1. The van der Waals surface area contributed by atoms with E-state index in [0.717, 1.165) is 23.6 Å². The molecule has 0 N–H and O–H groups in total. The van der Waals surface area contributed by atoms with E-state index in [2.05, 4.69) is 4.90 Å². The fourth-order valence-corrected chi connectivity index (χ4v) is 5.22. The fraction of sp³-hybridized carbons (Fsp3) is 0.684. The zero-order valence-electron chi connectivity index (χ0n) is 13.4. The summed E-state index contributed by atoms with van der Waals surface area (Å²) in [6, 6.07) is 5.87. The van der Waals surface area contributed by atoms with Crippen LogP contribution in [0, 0.1) is 17.7 Å². The number of fused-ring (bicyclic) bond motifs is 2. The van der Waals surface area contributed by atoms with Crippen molar-refractivity contribution in [2.45, 2.75) is 50.5 Å². The van der Waals surface area contributed by atoms with Crippen molar-refractivity contribution in [2.75, 3.05) is 20.2 Å². The number of rotatable bonds is 3. The Morgan fingerprint density at radius 1 is 1.09 bits per heavy atom. The number of likely N-dealkylation sites (tertiary alicyclic amines) is 1. The second-order valence-corrected chi connectivity index (χ2v) is 7.44. The first-order chi connectivity index (χ1) is 10.7. The van der Waals surface area contributed by atoms with Crippen molar-refractivity contribution in [3.05, 3.63) is 29.6 Å². The van der Waals surface area contributed by atoms with E-state index >= 15 is 0 Å². The van der Waals surface area contributed by atoms with Crippen LogP contribution in [0.5, 0.6) is 5.75 Å². The van der Waals surface area contributed by atoms with Crippen LogP contribution < -0.4 is 4.74 Å². The molecule has 2 nitrogen and oxygen atoms in total. The van der Waals surface area contributed by atoms with Gasteiger partial charge in [-0.1, -0.05) is 12.5 Å². The maximum absolute atomic E-state index is 13.4. The largest absolute Gasteiger partial charge is 0.496 e. The number of hydrogen-bond donors (Lipinski definition) is 0. The van der Waals surface area contributed by atoms with Crippen LogP contribution in [-0.4, -0.2) is 31.1 Å². The zero-order valence-corrected chi connectivity index (χ0v) is 13.4. The quantitative estimate of drug-likeness (QED) is 0.829. The lowest BCUT2D eigenvalue weighted by Gasteiger charge is -2.40. The van der Waals surface area contributed by atoms with Gasteiger partial charge in [-0.25, -0.2) is 4.39 Å². The van der Waals surface area contributed by atoms with Gasteiger partial charge in [0.2, 0.25) is 0 Å². The SMILES string of the molecule is COc1cc(F)ccc1C1CCN([C@H]2C[C@H]3CC[C@H]2C3)CC1. The van der Waals surface area contributed by atoms with Crippen molar-refractivity contribution in [3.63, 3.8) is 0 Å². The van der Waals surface area contributed by atoms with E-state index in [1.807, 2.05) is 6.07 Å². The highest BCUT2D eigenvalue weighted by Crippen LogP contribution is 2.47. The first kappa shape index (κ1) is 14.5. The molecule has 2 aliphatic carbocycles. The van der Waals surface area contributed by atoms with Crippen molar-refractivity contribution in [2.24, 2.45) is 11.8 Å². The Morgan fingerprint density at radius 2 is 1.91 bits per heavy atom. The highest BCUT2D eigenvalue weighted by atomic mass is 19.1. The van der Waals surface area contributed by atoms with Gasteiger partial charge in [-0.2, -0.15) is 0 Å². The lowest BCUT2D eigenvalue weighted by molar-refractivity contribution is 0.110. The van der Waals surface area contributed by atoms with E-state index in [-0.39, 0.29) is 5.82 Å². The molecule has 3 aliphatic rings. The Bertz CT molecular complexity index is 538. The summed E-state index contributed by atoms with van der Waals surface area (Å²) in [6.45, 7) is 2.39. The summed E-state index contributed by atoms with van der Waals surface area (Å²) in [5.41, 5.74) is 1.19. The van der Waals surface area contributed by atoms with Gasteiger partial charge < -0.3 is 9.64 Å². The lowest BCUT2D eigenvalue weighted by Crippen LogP contribution is -2.43. The summed E-state index contributed by atoms with van der Waals surface area (Å²) in [5.74, 6) is 3.02. The van der Waals surface area contributed by atoms with E-state index in [1.54, 1.807) is 13.2 Å². The second kappa shape index (κ2) is 5.84. The standard InChI is InChI=1S/C19H26FNO/c1-22-19-12-16(20)4-5-17(19)14-6-8-21(9-7-14)18-11-13-2-3-15(18)10-13/h4-5,12-15,18H,2-3,6-11H2,1H3/t13-,15-,18-/m0/s1. The molecule has 0 unspecified atom stereocenters. The molecule has 0 radical (unpaired) electrons. The first-order valence-electron chi connectivity index (χ1n) is 8.82. The van der Waals surface area contributed by atoms with Crippen LogP contribution in [-0.2, 0) is 0 Å². The maximum Gasteiger partial charge on any atom is 0.126 e. The van der Waals surface area contributed by atoms with Gasteiger partial charge in [0.25, 0.3) is 0 Å². The van der Waals surface area contributed by atoms with Crippen molar-refractivity contribution in [1.82, 2.24) is 4.90 Å². The molecular formula is C19H26FNO. The number of nitrogens with zero attached hydrogens (tertiary/aromatic N) is 1. The van der Waals surface area contributed by atoms with Crippen LogP contribution in [0.4, 0.5) is 4.39 Å². The van der Waals surface area contributed by atoms with Gasteiger partial charge in [0.05, 0.1) is 7.11 Å². The molecule has 1 aromatic rings. The number of methoxy groups -OCH3 is 1. The highest BCUT2D eigenvalue weighted by Gasteiger charge is 2.42. The van der Waals surface area contributed by atoms with Gasteiger partial charge in [-0.05, 0) is 74.6 Å². The van der Waals surface area contributed by atoms with Crippen LogP contribution >= 0.6 is 0 Å². The van der Waals surface area contributed by atoms with Gasteiger partial charge in [0, 0.05) is 12.1 Å². The lowest BCUT2D eigenvalue weighted by atomic mass is 9.86. The third kappa shape index (κ3) is 2.54. The molecule has 0 aromatic heterocycles. The molecular weight excluding hydrogens is 277 g/mol. The normalized spacial score (nSPS) is 32.5. The molecule has 1 saturated heterocycles. The third-order valence-electron chi connectivity index (χ3n) is 6.33. The Balaban J connectivity index is 1.42. The monoisotopic (exact) mass is 303 g/mol. The van der Waals surface area contributed by atoms with Crippen molar-refractivity contribution in [3.8, 4) is 5.75 Å². The molecule has 0 amide bonds. The maximum atomic E-state index is 13.4. The van der Waals surface area contributed by atoms with Crippen LogP contribution in [0.1, 0.15) is 50.0 Å². The van der Waals surface area contributed by atoms with Gasteiger partial charge in [0.1, 0.15) is 11.6 Å². The van der Waals surface area contributed by atoms with Crippen molar-refractivity contribution >= 4 is 0 Å². The predicted octanol–water partition coefficient (Wildman–Crippen LogP) is 4.20. The van der Waals surface area contributed by atoms with E-state index in [4.69, 9.17) is 4.74 Å². The van der Waals surface area contributed by atoms with Crippen molar-refractivity contribution in [1.29, 1.82) is 0 Å². The number of benzene rings is 1. The fourth-order valence-electron chi connectivity index (χ4n) is 5.22. The summed E-state index contributed by atoms with van der Waals surface area (Å²) in [5, 5.41) is 0. The third-order valence-corrected chi connectivity index (χ3v) is 6.33. The predicted molar refractivity (Wildman–Crippen MR) is 85.7 cm³/mol. The molecule has 1 heterocycles. The van der Waals surface area contributed by atoms with Crippen molar-refractivity contribution < 1.29 is 9.13 Å². The van der Waals surface area contributed by atoms with E-state index < -0.39 is 0 Å². The number of piperidine rings is 1. The second-order valence-electron chi connectivity index (χ2n) is 7.44. The van der Waals surface area contributed by atoms with E-state index in [0.29, 0.717) is 5.92 Å². The number of hydrogen-bond acceptors (Lipinski definition) is 2. The smallest absolute Gasteiger partial charge is 0.126 e. The minimum Gasteiger partial charge on any atom is -0.496 e. The minimum absolute atomic E-state index is 0.208. The molecule has 4 rings (SSSR count). The Labute approximate surface area is 132 Å². The summed E-state index contributed by atoms with van der Waals surface area (Å²) >= 11 is 0. The summed E-state index contributed by atoms with van der Waals surface area (Å²) in [7, 11) is 1.64. The van der Waals surface area contributed by atoms with Crippen LogP contribution in [0.15, 0.2) is 18.2 Å². The molecule has 120 valence electrons. The summed E-state index contributed by atoms with van der Waals surface area (Å²) in [6.07, 6.45) is 8.21. The highest BCUT2D eigenvalue weighted by molar-refractivity contribution is 5.37. The minimum atomic E-state index is -0.208. The molecule has 3 fully saturated rings. The van der Waals surface area contributed by atoms with Gasteiger partial charge in [-0.3, -0.25) is 0 Å². The molecule has 2 bridgehead atoms. The number of halogens is 1. The molecule has 0 spiro atoms. The first-order valence-corrected chi connectivity index (χ1v) is 8.82. The van der Waals surface area contributed by atoms with Crippen LogP contribution in [0.3, 0.4) is 0 Å². The molecule has 1 aromatic carbocycles. The number of ether oxygens (including phenoxy) is 1. The Hall–Kier alpha value is -1.09. The van der Waals surface area contributed by atoms with Gasteiger partial charge >= 0.3 is 0 Å². The molecule has 2 saturated carbocycles. The Morgan fingerprint density at radius 3 is 2.55 bits per heavy atom.